The molecule has 1 aliphatic heterocycles. The lowest BCUT2D eigenvalue weighted by Crippen LogP contribution is -2.36. The van der Waals surface area contributed by atoms with E-state index in [1.54, 1.807) is 6.20 Å². The van der Waals surface area contributed by atoms with Crippen molar-refractivity contribution in [3.8, 4) is 0 Å². The fourth-order valence-corrected chi connectivity index (χ4v) is 2.84. The van der Waals surface area contributed by atoms with E-state index in [9.17, 15) is 4.79 Å². The van der Waals surface area contributed by atoms with Crippen molar-refractivity contribution in [1.82, 2.24) is 15.1 Å². The van der Waals surface area contributed by atoms with Crippen LogP contribution in [0.15, 0.2) is 42.7 Å². The van der Waals surface area contributed by atoms with Crippen LogP contribution in [0.4, 0.5) is 16.2 Å². The van der Waals surface area contributed by atoms with Gasteiger partial charge in [-0.2, -0.15) is 5.10 Å². The van der Waals surface area contributed by atoms with Gasteiger partial charge in [0.15, 0.2) is 0 Å². The first-order valence-electron chi connectivity index (χ1n) is 8.66. The van der Waals surface area contributed by atoms with E-state index in [0.29, 0.717) is 12.5 Å². The van der Waals surface area contributed by atoms with Crippen molar-refractivity contribution < 1.29 is 9.53 Å². The highest BCUT2D eigenvalue weighted by molar-refractivity contribution is 5.89. The first-order valence-corrected chi connectivity index (χ1v) is 8.66. The first kappa shape index (κ1) is 17.3. The number of morpholine rings is 1. The Balaban J connectivity index is 1.47. The fourth-order valence-electron chi connectivity index (χ4n) is 2.84. The van der Waals surface area contributed by atoms with Crippen LogP contribution in [-0.2, 0) is 11.3 Å². The van der Waals surface area contributed by atoms with Gasteiger partial charge >= 0.3 is 6.03 Å². The summed E-state index contributed by atoms with van der Waals surface area (Å²) in [5.41, 5.74) is 1.90. The van der Waals surface area contributed by atoms with Crippen molar-refractivity contribution in [1.29, 1.82) is 0 Å². The average Bonchev–Trinajstić information content (AvgIpc) is 3.14. The number of amides is 2. The third kappa shape index (κ3) is 5.22. The average molecular weight is 343 g/mol. The predicted octanol–water partition coefficient (Wildman–Crippen LogP) is 2.18. The van der Waals surface area contributed by atoms with E-state index < -0.39 is 0 Å². The molecule has 0 unspecified atom stereocenters. The van der Waals surface area contributed by atoms with Crippen LogP contribution in [0.1, 0.15) is 6.92 Å². The van der Waals surface area contributed by atoms with Gasteiger partial charge in [0.2, 0.25) is 0 Å². The molecule has 1 aromatic carbocycles. The molecule has 1 aromatic heterocycles. The lowest BCUT2D eigenvalue weighted by atomic mass is 10.2. The topological polar surface area (TPSA) is 71.4 Å². The maximum atomic E-state index is 12.1. The van der Waals surface area contributed by atoms with Gasteiger partial charge in [-0.25, -0.2) is 4.79 Å². The quantitative estimate of drug-likeness (QED) is 0.843. The van der Waals surface area contributed by atoms with Gasteiger partial charge in [-0.15, -0.1) is 0 Å². The third-order valence-corrected chi connectivity index (χ3v) is 4.15. The Morgan fingerprint density at radius 2 is 2.16 bits per heavy atom. The molecule has 7 heteroatoms. The van der Waals surface area contributed by atoms with Gasteiger partial charge < -0.3 is 20.3 Å². The number of aromatic nitrogens is 2. The predicted molar refractivity (Wildman–Crippen MR) is 97.9 cm³/mol. The van der Waals surface area contributed by atoms with Crippen LogP contribution in [0.2, 0.25) is 0 Å². The van der Waals surface area contributed by atoms with E-state index in [1.807, 2.05) is 35.1 Å². The molecule has 0 spiro atoms. The minimum atomic E-state index is -0.188. The van der Waals surface area contributed by atoms with E-state index in [-0.39, 0.29) is 6.03 Å². The molecule has 2 heterocycles. The minimum absolute atomic E-state index is 0.188. The van der Waals surface area contributed by atoms with E-state index in [1.165, 1.54) is 0 Å². The summed E-state index contributed by atoms with van der Waals surface area (Å²) in [6.45, 7) is 6.69. The zero-order chi connectivity index (χ0) is 17.5. The Morgan fingerprint density at radius 3 is 2.92 bits per heavy atom. The highest BCUT2D eigenvalue weighted by atomic mass is 16.5. The molecule has 1 fully saturated rings. The van der Waals surface area contributed by atoms with Crippen LogP contribution in [0.3, 0.4) is 0 Å². The van der Waals surface area contributed by atoms with Crippen molar-refractivity contribution in [3.63, 3.8) is 0 Å². The lowest BCUT2D eigenvalue weighted by Gasteiger charge is -2.29. The van der Waals surface area contributed by atoms with E-state index >= 15 is 0 Å². The fraction of sp³-hybridized carbons (Fsp3) is 0.444. The maximum Gasteiger partial charge on any atom is 0.319 e. The number of carbonyl (C=O) groups is 1. The van der Waals surface area contributed by atoms with Crippen LogP contribution < -0.4 is 15.5 Å². The van der Waals surface area contributed by atoms with Gasteiger partial charge in [-0.3, -0.25) is 4.68 Å². The number of benzene rings is 1. The van der Waals surface area contributed by atoms with Gasteiger partial charge in [0.25, 0.3) is 0 Å². The Morgan fingerprint density at radius 1 is 1.32 bits per heavy atom. The summed E-state index contributed by atoms with van der Waals surface area (Å²) in [6.07, 6.45) is 3.68. The van der Waals surface area contributed by atoms with Gasteiger partial charge in [-0.05, 0) is 30.2 Å². The molecule has 25 heavy (non-hydrogen) atoms. The highest BCUT2D eigenvalue weighted by Gasteiger charge is 2.12. The molecule has 2 N–H and O–H groups in total. The minimum Gasteiger partial charge on any atom is -0.378 e. The first-order chi connectivity index (χ1) is 12.2. The molecule has 0 saturated carbocycles. The SMILES string of the molecule is C[C@H](CNC(=O)Nc1cccc(N2CCOCC2)c1)Cn1cccn1. The third-order valence-electron chi connectivity index (χ3n) is 4.15. The smallest absolute Gasteiger partial charge is 0.319 e. The highest BCUT2D eigenvalue weighted by Crippen LogP contribution is 2.20. The second-order valence-electron chi connectivity index (χ2n) is 6.32. The van der Waals surface area contributed by atoms with Crippen LogP contribution >= 0.6 is 0 Å². The zero-order valence-electron chi connectivity index (χ0n) is 14.5. The van der Waals surface area contributed by atoms with Crippen molar-refractivity contribution in [2.45, 2.75) is 13.5 Å². The number of hydrogen-bond donors (Lipinski definition) is 2. The molecule has 0 radical (unpaired) electrons. The molecule has 134 valence electrons. The summed E-state index contributed by atoms with van der Waals surface area (Å²) >= 11 is 0. The molecule has 7 nitrogen and oxygen atoms in total. The number of anilines is 2. The van der Waals surface area contributed by atoms with Gasteiger partial charge in [0.05, 0.1) is 13.2 Å². The Bertz CT molecular complexity index is 668. The van der Waals surface area contributed by atoms with Crippen LogP contribution in [0, 0.1) is 5.92 Å². The second-order valence-corrected chi connectivity index (χ2v) is 6.32. The van der Waals surface area contributed by atoms with Gasteiger partial charge in [0, 0.05) is 49.9 Å². The maximum absolute atomic E-state index is 12.1. The summed E-state index contributed by atoms with van der Waals surface area (Å²) in [4.78, 5) is 14.4. The Labute approximate surface area is 148 Å². The molecule has 0 bridgehead atoms. The van der Waals surface area contributed by atoms with Crippen molar-refractivity contribution >= 4 is 17.4 Å². The summed E-state index contributed by atoms with van der Waals surface area (Å²) in [6, 6.07) is 9.62. The lowest BCUT2D eigenvalue weighted by molar-refractivity contribution is 0.122. The molecular weight excluding hydrogens is 318 g/mol. The number of hydrogen-bond acceptors (Lipinski definition) is 4. The van der Waals surface area contributed by atoms with Crippen LogP contribution in [0.5, 0.6) is 0 Å². The number of nitrogens with zero attached hydrogens (tertiary/aromatic N) is 3. The Kier molecular flexibility index (Phi) is 5.90. The monoisotopic (exact) mass is 343 g/mol. The molecular formula is C18H25N5O2. The largest absolute Gasteiger partial charge is 0.378 e. The Hall–Kier alpha value is -2.54. The molecule has 1 aliphatic rings. The van der Waals surface area contributed by atoms with Gasteiger partial charge in [-0.1, -0.05) is 13.0 Å². The molecule has 0 aliphatic carbocycles. The number of nitrogens with one attached hydrogen (secondary N) is 2. The summed E-state index contributed by atoms with van der Waals surface area (Å²) in [5.74, 6) is 0.297. The molecule has 3 rings (SSSR count). The van der Waals surface area contributed by atoms with E-state index in [4.69, 9.17) is 4.74 Å². The van der Waals surface area contributed by atoms with Crippen LogP contribution in [0.25, 0.3) is 0 Å². The number of carbonyl (C=O) groups excluding carboxylic acids is 1. The zero-order valence-corrected chi connectivity index (χ0v) is 14.5. The van der Waals surface area contributed by atoms with E-state index in [2.05, 4.69) is 33.6 Å². The number of rotatable bonds is 6. The summed E-state index contributed by atoms with van der Waals surface area (Å²) < 4.78 is 7.25. The number of ether oxygens (including phenoxy) is 1. The standard InChI is InChI=1S/C18H25N5O2/c1-15(14-23-7-3-6-20-23)13-19-18(24)21-16-4-2-5-17(12-16)22-8-10-25-11-9-22/h2-7,12,15H,8-11,13-14H2,1H3,(H2,19,21,24)/t15-/m1/s1. The van der Waals surface area contributed by atoms with Crippen molar-refractivity contribution in [2.24, 2.45) is 5.92 Å². The normalized spacial score (nSPS) is 15.6. The summed E-state index contributed by atoms with van der Waals surface area (Å²) in [7, 11) is 0. The molecule has 1 atom stereocenters. The molecule has 2 amide bonds. The molecule has 1 saturated heterocycles. The molecule has 2 aromatic rings. The summed E-state index contributed by atoms with van der Waals surface area (Å²) in [5, 5.41) is 10.0. The number of urea groups is 1. The van der Waals surface area contributed by atoms with E-state index in [0.717, 1.165) is 44.2 Å². The van der Waals surface area contributed by atoms with Crippen molar-refractivity contribution in [2.75, 3.05) is 43.1 Å². The van der Waals surface area contributed by atoms with Gasteiger partial charge in [0.1, 0.15) is 0 Å². The second kappa shape index (κ2) is 8.53. The van der Waals surface area contributed by atoms with Crippen LogP contribution in [-0.4, -0.2) is 48.7 Å². The van der Waals surface area contributed by atoms with Crippen molar-refractivity contribution in [3.05, 3.63) is 42.7 Å².